The van der Waals surface area contributed by atoms with Gasteiger partial charge in [0.1, 0.15) is 23.1 Å². The van der Waals surface area contributed by atoms with E-state index < -0.39 is 61.7 Å². The zero-order valence-corrected chi connectivity index (χ0v) is 28.4. The summed E-state index contributed by atoms with van der Waals surface area (Å²) >= 11 is 0. The number of pyridine rings is 2. The number of hydrogen-bond donors (Lipinski definition) is 1. The largest absolute Gasteiger partial charge is 0.507 e. The van der Waals surface area contributed by atoms with Crippen LogP contribution in [-0.4, -0.2) is 83.0 Å². The van der Waals surface area contributed by atoms with Crippen LogP contribution in [0, 0.1) is 24.0 Å². The number of halogens is 2. The zero-order valence-electron chi connectivity index (χ0n) is 27.6. The highest BCUT2D eigenvalue weighted by Crippen LogP contribution is 2.37. The van der Waals surface area contributed by atoms with Crippen LogP contribution in [0.5, 0.6) is 5.75 Å². The molecule has 0 radical (unpaired) electrons. The monoisotopic (exact) mass is 670 g/mol. The number of likely N-dealkylation sites (N-methyl/N-ethyl adjacent to an activating group) is 1. The van der Waals surface area contributed by atoms with Gasteiger partial charge in [0.05, 0.1) is 40.7 Å². The van der Waals surface area contributed by atoms with Gasteiger partial charge in [-0.1, -0.05) is 40.7 Å². The van der Waals surface area contributed by atoms with E-state index in [1.807, 2.05) is 46.6 Å². The first-order valence-electron chi connectivity index (χ1n) is 15.4. The Bertz CT molecular complexity index is 1970. The van der Waals surface area contributed by atoms with Crippen molar-refractivity contribution in [3.63, 3.8) is 0 Å². The molecule has 1 atom stereocenters. The number of anilines is 1. The zero-order chi connectivity index (χ0) is 34.4. The number of aromatic nitrogens is 4. The van der Waals surface area contributed by atoms with Gasteiger partial charge in [0, 0.05) is 25.8 Å². The standard InChI is InChI=1S/C33H40F2N6O5S/c1-19(2)27-29(20(3)11-12-36-27)41-31-22(15-24(35)28(37-31)26-23(34)9-8-10-25(26)42)30(38-32(41)43)40-14-13-39(7)16-21(40)17-47(44,45)46-18-33(4,5)6/h8-12,15,19,21,42H,13-14,16-18H2,1-7H3. The molecule has 1 N–H and O–H groups in total. The lowest BCUT2D eigenvalue weighted by molar-refractivity contribution is 0.200. The average Bonchev–Trinajstić information content (AvgIpc) is 2.96. The fourth-order valence-electron chi connectivity index (χ4n) is 5.72. The van der Waals surface area contributed by atoms with Gasteiger partial charge in [-0.05, 0) is 55.1 Å². The molecule has 1 fully saturated rings. The summed E-state index contributed by atoms with van der Waals surface area (Å²) in [5.41, 5.74) is -0.557. The number of fused-ring (bicyclic) bond motifs is 1. The predicted octanol–water partition coefficient (Wildman–Crippen LogP) is 4.77. The summed E-state index contributed by atoms with van der Waals surface area (Å²) in [6.45, 7) is 12.2. The van der Waals surface area contributed by atoms with Crippen LogP contribution in [0.3, 0.4) is 0 Å². The Morgan fingerprint density at radius 3 is 2.49 bits per heavy atom. The highest BCUT2D eigenvalue weighted by Gasteiger charge is 2.34. The summed E-state index contributed by atoms with van der Waals surface area (Å²) in [6, 6.07) is 5.68. The molecule has 5 rings (SSSR count). The van der Waals surface area contributed by atoms with Gasteiger partial charge in [0.2, 0.25) is 0 Å². The first kappa shape index (κ1) is 34.3. The Morgan fingerprint density at radius 1 is 1.11 bits per heavy atom. The fourth-order valence-corrected chi connectivity index (χ4v) is 7.10. The first-order chi connectivity index (χ1) is 22.0. The maximum Gasteiger partial charge on any atom is 0.355 e. The van der Waals surface area contributed by atoms with E-state index in [4.69, 9.17) is 4.18 Å². The Kier molecular flexibility index (Phi) is 9.41. The third kappa shape index (κ3) is 7.14. The second-order valence-electron chi connectivity index (χ2n) is 13.6. The first-order valence-corrected chi connectivity index (χ1v) is 16.9. The Hall–Kier alpha value is -4.01. The number of phenols is 1. The highest BCUT2D eigenvalue weighted by molar-refractivity contribution is 7.86. The molecule has 0 bridgehead atoms. The minimum Gasteiger partial charge on any atom is -0.507 e. The van der Waals surface area contributed by atoms with Gasteiger partial charge in [-0.3, -0.25) is 9.17 Å². The van der Waals surface area contributed by atoms with Crippen LogP contribution in [0.2, 0.25) is 0 Å². The molecule has 1 saturated heterocycles. The van der Waals surface area contributed by atoms with E-state index in [1.54, 1.807) is 24.1 Å². The molecule has 1 aromatic carbocycles. The van der Waals surface area contributed by atoms with Crippen LogP contribution < -0.4 is 10.6 Å². The molecule has 3 aromatic heterocycles. The normalized spacial score (nSPS) is 16.4. The third-order valence-corrected chi connectivity index (χ3v) is 9.25. The van der Waals surface area contributed by atoms with Crippen LogP contribution in [0.15, 0.2) is 41.3 Å². The van der Waals surface area contributed by atoms with Gasteiger partial charge in [0.15, 0.2) is 11.5 Å². The summed E-state index contributed by atoms with van der Waals surface area (Å²) in [5.74, 6) is -2.91. The molecule has 4 aromatic rings. The predicted molar refractivity (Wildman–Crippen MR) is 177 cm³/mol. The van der Waals surface area contributed by atoms with Crippen molar-refractivity contribution in [2.45, 2.75) is 53.5 Å². The molecule has 0 amide bonds. The quantitative estimate of drug-likeness (QED) is 0.262. The molecule has 252 valence electrons. The van der Waals surface area contributed by atoms with Gasteiger partial charge in [-0.15, -0.1) is 0 Å². The van der Waals surface area contributed by atoms with E-state index in [9.17, 15) is 18.3 Å². The van der Waals surface area contributed by atoms with Gasteiger partial charge < -0.3 is 14.9 Å². The maximum atomic E-state index is 16.1. The van der Waals surface area contributed by atoms with Gasteiger partial charge >= 0.3 is 5.69 Å². The van der Waals surface area contributed by atoms with Crippen molar-refractivity contribution < 1.29 is 26.5 Å². The fraction of sp³-hybridized carbons (Fsp3) is 0.455. The Balaban J connectivity index is 1.79. The number of phenolic OH excluding ortho intramolecular Hbond substituents is 1. The van der Waals surface area contributed by atoms with Crippen molar-refractivity contribution in [3.8, 4) is 22.7 Å². The summed E-state index contributed by atoms with van der Waals surface area (Å²) in [5, 5.41) is 10.6. The van der Waals surface area contributed by atoms with Crippen molar-refractivity contribution in [1.29, 1.82) is 0 Å². The SMILES string of the molecule is Cc1ccnc(C(C)C)c1-n1c(=O)nc(N2CCN(C)CC2CS(=O)(=O)OCC(C)(C)C)c2cc(F)c(-c3c(O)cccc3F)nc21. The molecule has 4 heterocycles. The lowest BCUT2D eigenvalue weighted by Gasteiger charge is -2.41. The van der Waals surface area contributed by atoms with Crippen LogP contribution in [0.1, 0.15) is 51.8 Å². The molecule has 0 spiro atoms. The molecular formula is C33H40F2N6O5S. The molecule has 0 aliphatic carbocycles. The lowest BCUT2D eigenvalue weighted by atomic mass is 9.99. The Labute approximate surface area is 273 Å². The van der Waals surface area contributed by atoms with Crippen LogP contribution in [0.4, 0.5) is 14.6 Å². The van der Waals surface area contributed by atoms with Crippen LogP contribution in [0.25, 0.3) is 28.0 Å². The molecule has 11 nitrogen and oxygen atoms in total. The van der Waals surface area contributed by atoms with Gasteiger partial charge in [0.25, 0.3) is 10.1 Å². The topological polar surface area (TPSA) is 131 Å². The van der Waals surface area contributed by atoms with E-state index in [0.29, 0.717) is 30.0 Å². The summed E-state index contributed by atoms with van der Waals surface area (Å²) in [4.78, 5) is 31.2. The van der Waals surface area contributed by atoms with Crippen LogP contribution in [-0.2, 0) is 14.3 Å². The second-order valence-corrected chi connectivity index (χ2v) is 15.2. The number of nitrogens with zero attached hydrogens (tertiary/aromatic N) is 6. The molecule has 47 heavy (non-hydrogen) atoms. The number of aromatic hydroxyl groups is 1. The van der Waals surface area contributed by atoms with E-state index >= 15 is 8.78 Å². The molecule has 1 unspecified atom stereocenters. The number of aryl methyl sites for hydroxylation is 1. The lowest BCUT2D eigenvalue weighted by Crippen LogP contribution is -2.55. The van der Waals surface area contributed by atoms with E-state index in [-0.39, 0.29) is 35.9 Å². The third-order valence-electron chi connectivity index (χ3n) is 7.98. The van der Waals surface area contributed by atoms with E-state index in [0.717, 1.165) is 12.1 Å². The maximum absolute atomic E-state index is 16.1. The summed E-state index contributed by atoms with van der Waals surface area (Å²) in [6.07, 6.45) is 1.62. The van der Waals surface area contributed by atoms with E-state index in [2.05, 4.69) is 15.0 Å². The minimum atomic E-state index is -4.02. The number of benzene rings is 1. The number of piperazine rings is 1. The van der Waals surface area contributed by atoms with Crippen molar-refractivity contribution >= 4 is 27.0 Å². The van der Waals surface area contributed by atoms with Crippen LogP contribution >= 0.6 is 0 Å². The molecule has 0 saturated carbocycles. The molecule has 1 aliphatic rings. The van der Waals surface area contributed by atoms with Gasteiger partial charge in [-0.2, -0.15) is 13.4 Å². The molecule has 1 aliphatic heterocycles. The van der Waals surface area contributed by atoms with Crippen molar-refractivity contribution in [1.82, 2.24) is 24.4 Å². The minimum absolute atomic E-state index is 0.0153. The van der Waals surface area contributed by atoms with Crippen molar-refractivity contribution in [3.05, 3.63) is 69.9 Å². The highest BCUT2D eigenvalue weighted by atomic mass is 32.2. The van der Waals surface area contributed by atoms with Crippen molar-refractivity contribution in [2.75, 3.05) is 43.9 Å². The summed E-state index contributed by atoms with van der Waals surface area (Å²) < 4.78 is 64.1. The average molecular weight is 671 g/mol. The second kappa shape index (κ2) is 12.9. The van der Waals surface area contributed by atoms with Gasteiger partial charge in [-0.25, -0.2) is 23.1 Å². The smallest absolute Gasteiger partial charge is 0.355 e. The summed E-state index contributed by atoms with van der Waals surface area (Å²) in [7, 11) is -2.17. The van der Waals surface area contributed by atoms with E-state index in [1.165, 1.54) is 16.7 Å². The van der Waals surface area contributed by atoms with Crippen molar-refractivity contribution in [2.24, 2.45) is 5.41 Å². The number of rotatable bonds is 8. The molecule has 14 heteroatoms. The Morgan fingerprint density at radius 2 is 1.83 bits per heavy atom. The number of hydrogen-bond acceptors (Lipinski definition) is 10. The molecular weight excluding hydrogens is 630 g/mol.